The van der Waals surface area contributed by atoms with Crippen molar-refractivity contribution in [2.24, 2.45) is 0 Å². The van der Waals surface area contributed by atoms with E-state index >= 15 is 0 Å². The van der Waals surface area contributed by atoms with Crippen LogP contribution in [0.2, 0.25) is 0 Å². The van der Waals surface area contributed by atoms with Crippen molar-refractivity contribution in [1.29, 1.82) is 0 Å². The minimum Gasteiger partial charge on any atom is -0.526 e. The Hall–Kier alpha value is -1.45. The Labute approximate surface area is 64.2 Å². The van der Waals surface area contributed by atoms with Gasteiger partial charge in [-0.3, -0.25) is 0 Å². The summed E-state index contributed by atoms with van der Waals surface area (Å²) < 4.78 is 9.44. The molecule has 1 radical (unpaired) electrons. The van der Waals surface area contributed by atoms with Gasteiger partial charge in [-0.1, -0.05) is 12.1 Å². The molecular formula is C7H4BO3. The van der Waals surface area contributed by atoms with Gasteiger partial charge in [0.25, 0.3) is 0 Å². The van der Waals surface area contributed by atoms with Crippen molar-refractivity contribution < 1.29 is 14.1 Å². The van der Waals surface area contributed by atoms with Crippen molar-refractivity contribution in [2.75, 3.05) is 0 Å². The topological polar surface area (TPSA) is 35.5 Å². The summed E-state index contributed by atoms with van der Waals surface area (Å²) in [6.45, 7) is 0. The molecule has 1 heterocycles. The molecule has 0 spiro atoms. The van der Waals surface area contributed by atoms with Gasteiger partial charge >= 0.3 is 13.7 Å². The van der Waals surface area contributed by atoms with Crippen molar-refractivity contribution in [1.82, 2.24) is 0 Å². The summed E-state index contributed by atoms with van der Waals surface area (Å²) in [6.07, 6.45) is 0. The van der Waals surface area contributed by atoms with E-state index in [1.165, 1.54) is 0 Å². The summed E-state index contributed by atoms with van der Waals surface area (Å²) in [7, 11) is 1.03. The average molecular weight is 147 g/mol. The minimum absolute atomic E-state index is 0.369. The van der Waals surface area contributed by atoms with Crippen LogP contribution in [0.3, 0.4) is 0 Å². The lowest BCUT2D eigenvalue weighted by molar-refractivity contribution is 0.0698. The highest BCUT2D eigenvalue weighted by Gasteiger charge is 2.20. The highest BCUT2D eigenvalue weighted by Crippen LogP contribution is 2.21. The molecule has 3 nitrogen and oxygen atoms in total. The Kier molecular flexibility index (Phi) is 1.32. The maximum Gasteiger partial charge on any atom is 0.660 e. The molecule has 0 aromatic heterocycles. The fourth-order valence-corrected chi connectivity index (χ4v) is 0.921. The molecule has 1 aromatic carbocycles. The number of fused-ring (bicyclic) bond motifs is 1. The van der Waals surface area contributed by atoms with Gasteiger partial charge in [0.1, 0.15) is 5.75 Å². The van der Waals surface area contributed by atoms with Crippen LogP contribution in [0.5, 0.6) is 5.75 Å². The van der Waals surface area contributed by atoms with Gasteiger partial charge in [-0.05, 0) is 12.1 Å². The van der Waals surface area contributed by atoms with Gasteiger partial charge < -0.3 is 9.31 Å². The molecule has 11 heavy (non-hydrogen) atoms. The van der Waals surface area contributed by atoms with Crippen molar-refractivity contribution >= 4 is 13.7 Å². The molecule has 0 fully saturated rings. The molecule has 0 saturated carbocycles. The molecule has 1 aliphatic rings. The third kappa shape index (κ3) is 0.961. The zero-order valence-electron chi connectivity index (χ0n) is 5.61. The van der Waals surface area contributed by atoms with Crippen LogP contribution < -0.4 is 4.65 Å². The fraction of sp³-hybridized carbons (Fsp3) is 0. The molecule has 0 unspecified atom stereocenters. The second-order valence-corrected chi connectivity index (χ2v) is 2.12. The number of benzene rings is 1. The summed E-state index contributed by atoms with van der Waals surface area (Å²) >= 11 is 0. The number of para-hydroxylation sites is 1. The summed E-state index contributed by atoms with van der Waals surface area (Å²) in [5.74, 6) is 0.176. The minimum atomic E-state index is -0.369. The number of carbonyl (C=O) groups excluding carboxylic acids is 1. The summed E-state index contributed by atoms with van der Waals surface area (Å²) in [4.78, 5) is 11.0. The van der Waals surface area contributed by atoms with Crippen molar-refractivity contribution in [3.05, 3.63) is 29.8 Å². The van der Waals surface area contributed by atoms with E-state index in [1.54, 1.807) is 24.3 Å². The summed E-state index contributed by atoms with van der Waals surface area (Å²) in [5, 5.41) is 0. The molecule has 0 atom stereocenters. The maximum atomic E-state index is 11.0. The van der Waals surface area contributed by atoms with Gasteiger partial charge in [-0.15, -0.1) is 0 Å². The first-order chi connectivity index (χ1) is 5.38. The molecule has 0 bridgehead atoms. The van der Waals surface area contributed by atoms with E-state index in [2.05, 4.69) is 4.65 Å². The van der Waals surface area contributed by atoms with Crippen LogP contribution >= 0.6 is 0 Å². The van der Waals surface area contributed by atoms with Gasteiger partial charge in [0.05, 0.1) is 5.56 Å². The Bertz CT molecular complexity index is 297. The van der Waals surface area contributed by atoms with Crippen LogP contribution in [0.1, 0.15) is 10.4 Å². The molecular weight excluding hydrogens is 143 g/mol. The Morgan fingerprint density at radius 3 is 2.82 bits per heavy atom. The van der Waals surface area contributed by atoms with E-state index in [0.717, 1.165) is 7.69 Å². The van der Waals surface area contributed by atoms with Crippen molar-refractivity contribution in [3.8, 4) is 5.75 Å². The lowest BCUT2D eigenvalue weighted by Crippen LogP contribution is -2.21. The van der Waals surface area contributed by atoms with Crippen LogP contribution in [0, 0.1) is 0 Å². The first-order valence-electron chi connectivity index (χ1n) is 3.16. The zero-order chi connectivity index (χ0) is 7.68. The monoisotopic (exact) mass is 147 g/mol. The number of hydrogen-bond acceptors (Lipinski definition) is 3. The quantitative estimate of drug-likeness (QED) is 0.508. The van der Waals surface area contributed by atoms with Crippen LogP contribution in [0.15, 0.2) is 24.3 Å². The van der Waals surface area contributed by atoms with Crippen LogP contribution in [0.4, 0.5) is 0 Å². The van der Waals surface area contributed by atoms with E-state index in [1.807, 2.05) is 0 Å². The number of rotatable bonds is 0. The third-order valence-electron chi connectivity index (χ3n) is 1.44. The predicted octanol–water partition coefficient (Wildman–Crippen LogP) is 0.770. The molecule has 1 aliphatic heterocycles. The Balaban J connectivity index is 2.52. The van der Waals surface area contributed by atoms with Gasteiger partial charge in [0.15, 0.2) is 0 Å². The highest BCUT2D eigenvalue weighted by molar-refractivity contribution is 6.27. The van der Waals surface area contributed by atoms with Crippen molar-refractivity contribution in [3.63, 3.8) is 0 Å². The fourth-order valence-electron chi connectivity index (χ4n) is 0.921. The van der Waals surface area contributed by atoms with E-state index in [-0.39, 0.29) is 5.97 Å². The smallest absolute Gasteiger partial charge is 0.526 e. The van der Waals surface area contributed by atoms with Gasteiger partial charge in [-0.25, -0.2) is 4.79 Å². The van der Waals surface area contributed by atoms with E-state index in [0.29, 0.717) is 11.3 Å². The molecule has 53 valence electrons. The lowest BCUT2D eigenvalue weighted by atomic mass is 10.1. The molecule has 0 N–H and O–H groups in total. The second kappa shape index (κ2) is 2.30. The lowest BCUT2D eigenvalue weighted by Gasteiger charge is -2.14. The SMILES string of the molecule is O=C1O[B]Oc2ccccc21. The predicted molar refractivity (Wildman–Crippen MR) is 38.2 cm³/mol. The standard InChI is InChI=1S/C7H4BO3/c9-7-5-3-1-2-4-6(5)10-8-11-7/h1-4H. The van der Waals surface area contributed by atoms with Crippen LogP contribution in [-0.2, 0) is 4.65 Å². The number of carbonyl (C=O) groups is 1. The normalized spacial score (nSPS) is 14.0. The van der Waals surface area contributed by atoms with Crippen molar-refractivity contribution in [2.45, 2.75) is 0 Å². The first kappa shape index (κ1) is 6.28. The van der Waals surface area contributed by atoms with Gasteiger partial charge in [0, 0.05) is 0 Å². The second-order valence-electron chi connectivity index (χ2n) is 2.12. The van der Waals surface area contributed by atoms with Crippen LogP contribution in [0.25, 0.3) is 0 Å². The molecule has 4 heteroatoms. The zero-order valence-corrected chi connectivity index (χ0v) is 5.61. The maximum absolute atomic E-state index is 11.0. The van der Waals surface area contributed by atoms with E-state index < -0.39 is 0 Å². The molecule has 1 aromatic rings. The average Bonchev–Trinajstić information content (AvgIpc) is 2.06. The Morgan fingerprint density at radius 1 is 1.18 bits per heavy atom. The molecule has 0 aliphatic carbocycles. The first-order valence-corrected chi connectivity index (χ1v) is 3.16. The van der Waals surface area contributed by atoms with E-state index in [4.69, 9.17) is 4.65 Å². The molecule has 0 saturated heterocycles. The van der Waals surface area contributed by atoms with Gasteiger partial charge in [0.2, 0.25) is 0 Å². The number of hydrogen-bond donors (Lipinski definition) is 0. The molecule has 2 rings (SSSR count). The molecule has 0 amide bonds. The van der Waals surface area contributed by atoms with Crippen LogP contribution in [-0.4, -0.2) is 13.7 Å². The summed E-state index contributed by atoms with van der Waals surface area (Å²) in [5.41, 5.74) is 0.468. The van der Waals surface area contributed by atoms with E-state index in [9.17, 15) is 4.79 Å². The van der Waals surface area contributed by atoms with Gasteiger partial charge in [-0.2, -0.15) is 0 Å². The highest BCUT2D eigenvalue weighted by atomic mass is 16.6. The Morgan fingerprint density at radius 2 is 2.00 bits per heavy atom. The third-order valence-corrected chi connectivity index (χ3v) is 1.44. The largest absolute Gasteiger partial charge is 0.660 e. The summed E-state index contributed by atoms with van der Waals surface area (Å²) in [6, 6.07) is 6.93.